The van der Waals surface area contributed by atoms with Crippen molar-refractivity contribution in [2.24, 2.45) is 5.73 Å². The van der Waals surface area contributed by atoms with E-state index in [-0.39, 0.29) is 0 Å². The fourth-order valence-electron chi connectivity index (χ4n) is 4.02. The van der Waals surface area contributed by atoms with Gasteiger partial charge in [0.15, 0.2) is 0 Å². The van der Waals surface area contributed by atoms with Gasteiger partial charge in [0.25, 0.3) is 0 Å². The van der Waals surface area contributed by atoms with E-state index in [0.717, 1.165) is 44.8 Å². The highest BCUT2D eigenvalue weighted by molar-refractivity contribution is 6.30. The van der Waals surface area contributed by atoms with Gasteiger partial charge in [0.05, 0.1) is 0 Å². The largest absolute Gasteiger partial charge is 0.350 e. The number of nitrogens with zero attached hydrogens (tertiary/aromatic N) is 1. The summed E-state index contributed by atoms with van der Waals surface area (Å²) in [5.41, 5.74) is 14.0. The minimum absolute atomic E-state index is 0.434. The summed E-state index contributed by atoms with van der Waals surface area (Å²) in [6, 6.07) is 38.7. The molecule has 4 heteroatoms. The third-order valence-corrected chi connectivity index (χ3v) is 6.01. The van der Waals surface area contributed by atoms with Gasteiger partial charge < -0.3 is 11.1 Å². The van der Waals surface area contributed by atoms with Gasteiger partial charge in [0, 0.05) is 22.3 Å². The summed E-state index contributed by atoms with van der Waals surface area (Å²) in [5.74, 6) is 0.742. The number of aromatic nitrogens is 1. The summed E-state index contributed by atoms with van der Waals surface area (Å²) >= 11 is 6.19. The van der Waals surface area contributed by atoms with Crippen molar-refractivity contribution >= 4 is 17.4 Å². The number of hydrogen-bond donors (Lipinski definition) is 2. The maximum Gasteiger partial charge on any atom is 0.135 e. The first-order valence-electron chi connectivity index (χ1n) is 11.2. The van der Waals surface area contributed by atoms with Crippen LogP contribution < -0.4 is 11.1 Å². The molecular weight excluding hydrogens is 438 g/mol. The second-order valence-corrected chi connectivity index (χ2v) is 8.55. The van der Waals surface area contributed by atoms with Gasteiger partial charge in [-0.2, -0.15) is 0 Å². The van der Waals surface area contributed by atoms with Gasteiger partial charge in [0.2, 0.25) is 0 Å². The molecule has 0 saturated carbocycles. The molecule has 3 N–H and O–H groups in total. The Kier molecular flexibility index (Phi) is 6.39. The predicted octanol–water partition coefficient (Wildman–Crippen LogP) is 7.81. The van der Waals surface area contributed by atoms with Crippen molar-refractivity contribution in [2.75, 3.05) is 5.32 Å². The molecule has 0 amide bonds. The first-order valence-corrected chi connectivity index (χ1v) is 11.5. The normalized spacial score (nSPS) is 11.7. The Labute approximate surface area is 204 Å². The summed E-state index contributed by atoms with van der Waals surface area (Å²) in [6.07, 6.45) is 1.45. The van der Waals surface area contributed by atoms with E-state index in [9.17, 15) is 0 Å². The molecule has 1 aromatic heterocycles. The molecule has 1 heterocycles. The first kappa shape index (κ1) is 21.9. The average molecular weight is 462 g/mol. The van der Waals surface area contributed by atoms with E-state index in [2.05, 4.69) is 47.8 Å². The summed E-state index contributed by atoms with van der Waals surface area (Å²) in [6.45, 7) is 0. The summed E-state index contributed by atoms with van der Waals surface area (Å²) < 4.78 is 0. The number of rotatable bonds is 6. The van der Waals surface area contributed by atoms with E-state index in [1.165, 1.54) is 0 Å². The Balaban J connectivity index is 1.49. The number of benzene rings is 4. The molecule has 0 fully saturated rings. The van der Waals surface area contributed by atoms with E-state index in [1.807, 2.05) is 79.0 Å². The van der Waals surface area contributed by atoms with Crippen molar-refractivity contribution in [1.29, 1.82) is 0 Å². The molecule has 4 aromatic carbocycles. The van der Waals surface area contributed by atoms with E-state index in [4.69, 9.17) is 22.3 Å². The SMILES string of the molecule is NC(Nc1ncc(-c2ccccc2)cc1-c1ccccc1)c1cccc(-c2cccc(Cl)c2)c1. The molecule has 166 valence electrons. The second-order valence-electron chi connectivity index (χ2n) is 8.11. The van der Waals surface area contributed by atoms with Crippen molar-refractivity contribution in [3.63, 3.8) is 0 Å². The molecular formula is C30H24ClN3. The third kappa shape index (κ3) is 4.86. The highest BCUT2D eigenvalue weighted by atomic mass is 35.5. The van der Waals surface area contributed by atoms with Crippen molar-refractivity contribution in [3.05, 3.63) is 132 Å². The smallest absolute Gasteiger partial charge is 0.135 e. The van der Waals surface area contributed by atoms with Gasteiger partial charge in [-0.15, -0.1) is 0 Å². The molecule has 3 nitrogen and oxygen atoms in total. The summed E-state index contributed by atoms with van der Waals surface area (Å²) in [4.78, 5) is 4.78. The van der Waals surface area contributed by atoms with Crippen LogP contribution in [-0.2, 0) is 0 Å². The van der Waals surface area contributed by atoms with Gasteiger partial charge in [-0.1, -0.05) is 103 Å². The topological polar surface area (TPSA) is 50.9 Å². The number of nitrogens with one attached hydrogen (secondary N) is 1. The van der Waals surface area contributed by atoms with Crippen molar-refractivity contribution in [1.82, 2.24) is 4.98 Å². The maximum atomic E-state index is 6.62. The minimum atomic E-state index is -0.434. The van der Waals surface area contributed by atoms with Gasteiger partial charge >= 0.3 is 0 Å². The van der Waals surface area contributed by atoms with Gasteiger partial charge in [-0.3, -0.25) is 0 Å². The van der Waals surface area contributed by atoms with Crippen LogP contribution >= 0.6 is 11.6 Å². The zero-order chi connectivity index (χ0) is 23.3. The lowest BCUT2D eigenvalue weighted by Crippen LogP contribution is -2.21. The summed E-state index contributed by atoms with van der Waals surface area (Å²) in [7, 11) is 0. The zero-order valence-electron chi connectivity index (χ0n) is 18.5. The molecule has 0 spiro atoms. The average Bonchev–Trinajstić information content (AvgIpc) is 2.90. The van der Waals surface area contributed by atoms with Gasteiger partial charge in [-0.05, 0) is 52.1 Å². The van der Waals surface area contributed by atoms with E-state index in [1.54, 1.807) is 0 Å². The molecule has 1 atom stereocenters. The van der Waals surface area contributed by atoms with Crippen LogP contribution in [0, 0.1) is 0 Å². The molecule has 0 aliphatic heterocycles. The quantitative estimate of drug-likeness (QED) is 0.253. The number of anilines is 1. The molecule has 0 saturated heterocycles. The van der Waals surface area contributed by atoms with Gasteiger partial charge in [0.1, 0.15) is 12.0 Å². The number of nitrogens with two attached hydrogens (primary N) is 1. The molecule has 0 bridgehead atoms. The number of hydrogen-bond acceptors (Lipinski definition) is 3. The number of halogens is 1. The fraction of sp³-hybridized carbons (Fsp3) is 0.0333. The highest BCUT2D eigenvalue weighted by Gasteiger charge is 2.14. The Bertz CT molecular complexity index is 1400. The highest BCUT2D eigenvalue weighted by Crippen LogP contribution is 2.33. The van der Waals surface area contributed by atoms with Crippen LogP contribution in [0.3, 0.4) is 0 Å². The van der Waals surface area contributed by atoms with Crippen molar-refractivity contribution in [3.8, 4) is 33.4 Å². The molecule has 0 radical (unpaired) electrons. The Morgan fingerprint density at radius 3 is 1.94 bits per heavy atom. The molecule has 5 aromatic rings. The Morgan fingerprint density at radius 1 is 0.618 bits per heavy atom. The molecule has 1 unspecified atom stereocenters. The van der Waals surface area contributed by atoms with Crippen LogP contribution in [0.1, 0.15) is 11.7 Å². The van der Waals surface area contributed by atoms with E-state index >= 15 is 0 Å². The van der Waals surface area contributed by atoms with Crippen LogP contribution in [0.25, 0.3) is 33.4 Å². The van der Waals surface area contributed by atoms with Crippen LogP contribution in [0.2, 0.25) is 5.02 Å². The van der Waals surface area contributed by atoms with E-state index in [0.29, 0.717) is 5.02 Å². The van der Waals surface area contributed by atoms with Crippen LogP contribution in [0.5, 0.6) is 0 Å². The minimum Gasteiger partial charge on any atom is -0.350 e. The van der Waals surface area contributed by atoms with E-state index < -0.39 is 6.17 Å². The monoisotopic (exact) mass is 461 g/mol. The van der Waals surface area contributed by atoms with Crippen LogP contribution in [0.15, 0.2) is 121 Å². The Hall–Kier alpha value is -3.92. The lowest BCUT2D eigenvalue weighted by Gasteiger charge is -2.19. The van der Waals surface area contributed by atoms with Crippen LogP contribution in [-0.4, -0.2) is 4.98 Å². The molecule has 34 heavy (non-hydrogen) atoms. The van der Waals surface area contributed by atoms with Gasteiger partial charge in [-0.25, -0.2) is 4.98 Å². The first-order chi connectivity index (χ1) is 16.7. The molecule has 0 aliphatic carbocycles. The zero-order valence-corrected chi connectivity index (χ0v) is 19.3. The van der Waals surface area contributed by atoms with Crippen LogP contribution in [0.4, 0.5) is 5.82 Å². The predicted molar refractivity (Wildman–Crippen MR) is 143 cm³/mol. The Morgan fingerprint density at radius 2 is 1.24 bits per heavy atom. The standard InChI is InChI=1S/C30H24ClN3/c31-27-16-8-14-24(18-27)23-13-7-15-25(17-23)29(32)34-30-28(22-11-5-2-6-12-22)19-26(20-33-30)21-9-3-1-4-10-21/h1-20,29H,32H2,(H,33,34). The summed E-state index contributed by atoms with van der Waals surface area (Å²) in [5, 5.41) is 4.14. The maximum absolute atomic E-state index is 6.62. The van der Waals surface area contributed by atoms with Crippen molar-refractivity contribution < 1.29 is 0 Å². The second kappa shape index (κ2) is 9.92. The molecule has 5 rings (SSSR count). The molecule has 0 aliphatic rings. The van der Waals surface area contributed by atoms with Crippen molar-refractivity contribution in [2.45, 2.75) is 6.17 Å². The lowest BCUT2D eigenvalue weighted by atomic mass is 10.00. The lowest BCUT2D eigenvalue weighted by molar-refractivity contribution is 0.829. The number of pyridine rings is 1. The third-order valence-electron chi connectivity index (χ3n) is 5.78. The fourth-order valence-corrected chi connectivity index (χ4v) is 4.21.